The molecule has 0 aromatic heterocycles. The Morgan fingerprint density at radius 3 is 2.24 bits per heavy atom. The number of anilines is 1. The van der Waals surface area contributed by atoms with Gasteiger partial charge in [0.1, 0.15) is 24.0 Å². The number of hydrogen-bond acceptors (Lipinski definition) is 7. The quantitative estimate of drug-likeness (QED) is 0.230. The third-order valence-corrected chi connectivity index (χ3v) is 4.42. The Morgan fingerprint density at radius 2 is 1.64 bits per heavy atom. The summed E-state index contributed by atoms with van der Waals surface area (Å²) in [4.78, 5) is 32.9. The molecule has 0 fully saturated rings. The van der Waals surface area contributed by atoms with Gasteiger partial charge in [0.2, 0.25) is 0 Å². The number of carbonyl (C=O) groups excluding carboxylic acids is 1. The Kier molecular flexibility index (Phi) is 7.08. The van der Waals surface area contributed by atoms with Crippen molar-refractivity contribution in [3.8, 4) is 11.8 Å². The Balaban J connectivity index is 1.63. The number of nitro benzene ring substituents is 2. The van der Waals surface area contributed by atoms with Crippen molar-refractivity contribution in [3.05, 3.63) is 110 Å². The first-order chi connectivity index (χ1) is 15.9. The van der Waals surface area contributed by atoms with Crippen LogP contribution in [-0.4, -0.2) is 15.8 Å². The largest absolute Gasteiger partial charge is 0.489 e. The zero-order chi connectivity index (χ0) is 23.8. The van der Waals surface area contributed by atoms with Crippen LogP contribution in [0, 0.1) is 31.6 Å². The molecule has 164 valence electrons. The molecule has 0 radical (unpaired) electrons. The number of nitrogens with zero attached hydrogens (tertiary/aromatic N) is 3. The van der Waals surface area contributed by atoms with Crippen LogP contribution in [0.25, 0.3) is 6.08 Å². The fourth-order valence-corrected chi connectivity index (χ4v) is 2.75. The summed E-state index contributed by atoms with van der Waals surface area (Å²) in [5, 5.41) is 33.4. The molecule has 0 heterocycles. The third-order valence-electron chi connectivity index (χ3n) is 4.42. The normalized spacial score (nSPS) is 10.7. The molecular formula is C23H16N4O6. The maximum absolute atomic E-state index is 12.4. The van der Waals surface area contributed by atoms with Crippen molar-refractivity contribution in [2.24, 2.45) is 0 Å². The molecule has 0 unspecified atom stereocenters. The highest BCUT2D eigenvalue weighted by Crippen LogP contribution is 2.20. The van der Waals surface area contributed by atoms with Gasteiger partial charge < -0.3 is 10.1 Å². The molecule has 1 amide bonds. The van der Waals surface area contributed by atoms with E-state index in [1.807, 2.05) is 6.07 Å². The van der Waals surface area contributed by atoms with Gasteiger partial charge >= 0.3 is 0 Å². The van der Waals surface area contributed by atoms with E-state index in [9.17, 15) is 30.3 Å². The van der Waals surface area contributed by atoms with Crippen molar-refractivity contribution in [3.63, 3.8) is 0 Å². The van der Waals surface area contributed by atoms with Crippen molar-refractivity contribution in [2.75, 3.05) is 5.32 Å². The summed E-state index contributed by atoms with van der Waals surface area (Å²) in [5.41, 5.74) is 1.17. The van der Waals surface area contributed by atoms with E-state index in [0.717, 1.165) is 5.56 Å². The van der Waals surface area contributed by atoms with Gasteiger partial charge in [-0.15, -0.1) is 0 Å². The van der Waals surface area contributed by atoms with E-state index in [1.165, 1.54) is 42.5 Å². The fourth-order valence-electron chi connectivity index (χ4n) is 2.75. The standard InChI is InChI=1S/C23H16N4O6/c24-14-18(23(28)25-19-2-1-3-21(13-19)27(31)32)12-16-6-10-22(11-7-16)33-15-17-4-8-20(9-5-17)26(29)30/h1-13H,15H2,(H,25,28)/b18-12+. The van der Waals surface area contributed by atoms with E-state index in [4.69, 9.17) is 4.74 Å². The number of amides is 1. The number of nitro groups is 2. The molecule has 0 atom stereocenters. The van der Waals surface area contributed by atoms with E-state index in [0.29, 0.717) is 11.3 Å². The van der Waals surface area contributed by atoms with Crippen LogP contribution in [0.15, 0.2) is 78.4 Å². The number of hydrogen-bond donors (Lipinski definition) is 1. The summed E-state index contributed by atoms with van der Waals surface area (Å²) in [6.07, 6.45) is 1.38. The fraction of sp³-hybridized carbons (Fsp3) is 0.0435. The van der Waals surface area contributed by atoms with Crippen LogP contribution >= 0.6 is 0 Å². The molecule has 0 saturated heterocycles. The number of nitriles is 1. The molecule has 3 aromatic rings. The number of nitrogens with one attached hydrogen (secondary N) is 1. The van der Waals surface area contributed by atoms with E-state index in [1.54, 1.807) is 36.4 Å². The van der Waals surface area contributed by atoms with Crippen molar-refractivity contribution in [1.29, 1.82) is 5.26 Å². The molecule has 10 heteroatoms. The highest BCUT2D eigenvalue weighted by atomic mass is 16.6. The summed E-state index contributed by atoms with van der Waals surface area (Å²) < 4.78 is 5.65. The summed E-state index contributed by atoms with van der Waals surface area (Å²) in [6, 6.07) is 19.9. The van der Waals surface area contributed by atoms with E-state index < -0.39 is 15.8 Å². The number of ether oxygens (including phenoxy) is 1. The van der Waals surface area contributed by atoms with Crippen molar-refractivity contribution in [2.45, 2.75) is 6.61 Å². The number of rotatable bonds is 8. The van der Waals surface area contributed by atoms with Gasteiger partial charge in [-0.05, 0) is 47.5 Å². The smallest absolute Gasteiger partial charge is 0.271 e. The molecule has 0 aliphatic rings. The number of carbonyl (C=O) groups is 1. The lowest BCUT2D eigenvalue weighted by Crippen LogP contribution is -2.13. The van der Waals surface area contributed by atoms with Gasteiger partial charge in [0, 0.05) is 30.0 Å². The number of benzene rings is 3. The maximum Gasteiger partial charge on any atom is 0.271 e. The molecule has 3 aromatic carbocycles. The van der Waals surface area contributed by atoms with Gasteiger partial charge in [-0.3, -0.25) is 25.0 Å². The number of non-ortho nitro benzene ring substituents is 2. The van der Waals surface area contributed by atoms with E-state index in [2.05, 4.69) is 5.32 Å². The summed E-state index contributed by atoms with van der Waals surface area (Å²) >= 11 is 0. The molecule has 0 aliphatic heterocycles. The Hall–Kier alpha value is -5.04. The SMILES string of the molecule is N#C/C(=C\c1ccc(OCc2ccc([N+](=O)[O-])cc2)cc1)C(=O)Nc1cccc([N+](=O)[O-])c1. The molecule has 10 nitrogen and oxygen atoms in total. The van der Waals surface area contributed by atoms with E-state index in [-0.39, 0.29) is 29.2 Å². The highest BCUT2D eigenvalue weighted by molar-refractivity contribution is 6.09. The van der Waals surface area contributed by atoms with Gasteiger partial charge in [0.15, 0.2) is 0 Å². The van der Waals surface area contributed by atoms with Gasteiger partial charge in [-0.1, -0.05) is 18.2 Å². The Morgan fingerprint density at radius 1 is 0.970 bits per heavy atom. The minimum atomic E-state index is -0.698. The maximum atomic E-state index is 12.4. The van der Waals surface area contributed by atoms with Crippen molar-refractivity contribution in [1.82, 2.24) is 0 Å². The molecule has 0 aliphatic carbocycles. The molecule has 0 spiro atoms. The molecule has 33 heavy (non-hydrogen) atoms. The highest BCUT2D eigenvalue weighted by Gasteiger charge is 2.12. The van der Waals surface area contributed by atoms with Crippen LogP contribution in [-0.2, 0) is 11.4 Å². The lowest BCUT2D eigenvalue weighted by molar-refractivity contribution is -0.385. The monoisotopic (exact) mass is 444 g/mol. The van der Waals surface area contributed by atoms with Crippen LogP contribution in [0.2, 0.25) is 0 Å². The minimum absolute atomic E-state index is 0.00212. The predicted molar refractivity (Wildman–Crippen MR) is 119 cm³/mol. The second kappa shape index (κ2) is 10.3. The van der Waals surface area contributed by atoms with Crippen LogP contribution in [0.5, 0.6) is 5.75 Å². The van der Waals surface area contributed by atoms with Gasteiger partial charge in [0.05, 0.1) is 9.85 Å². The first-order valence-corrected chi connectivity index (χ1v) is 9.49. The lowest BCUT2D eigenvalue weighted by atomic mass is 10.1. The molecular weight excluding hydrogens is 428 g/mol. The van der Waals surface area contributed by atoms with E-state index >= 15 is 0 Å². The minimum Gasteiger partial charge on any atom is -0.489 e. The van der Waals surface area contributed by atoms with Crippen LogP contribution in [0.1, 0.15) is 11.1 Å². The Labute approximate surface area is 187 Å². The predicted octanol–water partition coefficient (Wildman–Crippen LogP) is 4.63. The Bertz CT molecular complexity index is 1260. The second-order valence-corrected chi connectivity index (χ2v) is 6.71. The van der Waals surface area contributed by atoms with Crippen molar-refractivity contribution >= 4 is 29.0 Å². The second-order valence-electron chi connectivity index (χ2n) is 6.71. The summed E-state index contributed by atoms with van der Waals surface area (Å²) in [7, 11) is 0. The average molecular weight is 444 g/mol. The summed E-state index contributed by atoms with van der Waals surface area (Å²) in [6.45, 7) is 0.211. The first kappa shape index (κ1) is 22.6. The summed E-state index contributed by atoms with van der Waals surface area (Å²) in [5.74, 6) is -0.165. The lowest BCUT2D eigenvalue weighted by Gasteiger charge is -2.07. The molecule has 1 N–H and O–H groups in total. The molecule has 0 saturated carbocycles. The molecule has 3 rings (SSSR count). The van der Waals surface area contributed by atoms with Crippen molar-refractivity contribution < 1.29 is 19.4 Å². The molecule has 0 bridgehead atoms. The van der Waals surface area contributed by atoms with Crippen LogP contribution in [0.4, 0.5) is 17.1 Å². The van der Waals surface area contributed by atoms with Crippen LogP contribution in [0.3, 0.4) is 0 Å². The zero-order valence-electron chi connectivity index (χ0n) is 17.0. The topological polar surface area (TPSA) is 148 Å². The third kappa shape index (κ3) is 6.22. The average Bonchev–Trinajstić information content (AvgIpc) is 2.82. The first-order valence-electron chi connectivity index (χ1n) is 9.49. The van der Waals surface area contributed by atoms with Crippen LogP contribution < -0.4 is 10.1 Å². The van der Waals surface area contributed by atoms with Gasteiger partial charge in [-0.2, -0.15) is 5.26 Å². The van der Waals surface area contributed by atoms with Gasteiger partial charge in [-0.25, -0.2) is 0 Å². The zero-order valence-corrected chi connectivity index (χ0v) is 17.0. The van der Waals surface area contributed by atoms with Gasteiger partial charge in [0.25, 0.3) is 17.3 Å².